The van der Waals surface area contributed by atoms with Crippen LogP contribution in [0.5, 0.6) is 0 Å². The van der Waals surface area contributed by atoms with Gasteiger partial charge in [0.1, 0.15) is 0 Å². The molecule has 2 N–H and O–H groups in total. The van der Waals surface area contributed by atoms with Gasteiger partial charge in [0.25, 0.3) is 10.0 Å². The lowest BCUT2D eigenvalue weighted by atomic mass is 10.2. The molecule has 130 valence electrons. The molecule has 0 atom stereocenters. The summed E-state index contributed by atoms with van der Waals surface area (Å²) in [5, 5.41) is 3.18. The van der Waals surface area contributed by atoms with Gasteiger partial charge >= 0.3 is 0 Å². The highest BCUT2D eigenvalue weighted by Gasteiger charge is 2.18. The second-order valence-electron chi connectivity index (χ2n) is 6.10. The van der Waals surface area contributed by atoms with Gasteiger partial charge in [0, 0.05) is 6.54 Å². The highest BCUT2D eigenvalue weighted by Crippen LogP contribution is 2.24. The number of sulfonamides is 1. The van der Waals surface area contributed by atoms with Crippen LogP contribution >= 0.6 is 0 Å². The van der Waals surface area contributed by atoms with Crippen molar-refractivity contribution in [2.24, 2.45) is 5.92 Å². The summed E-state index contributed by atoms with van der Waals surface area (Å²) in [6.07, 6.45) is 0. The van der Waals surface area contributed by atoms with Crippen molar-refractivity contribution < 1.29 is 8.42 Å². The van der Waals surface area contributed by atoms with Gasteiger partial charge < -0.3 is 5.32 Å². The lowest BCUT2D eigenvalue weighted by Gasteiger charge is -2.14. The summed E-state index contributed by atoms with van der Waals surface area (Å²) in [6, 6.07) is 15.6. The molecule has 2 aromatic carbocycles. The Morgan fingerprint density at radius 3 is 2.04 bits per heavy atom. The normalized spacial score (nSPS) is 11.6. The van der Waals surface area contributed by atoms with Crippen molar-refractivity contribution in [3.63, 3.8) is 0 Å². The minimum atomic E-state index is -3.74. The van der Waals surface area contributed by atoms with Crippen molar-refractivity contribution in [3.05, 3.63) is 54.6 Å². The van der Waals surface area contributed by atoms with Crippen molar-refractivity contribution in [2.45, 2.75) is 18.7 Å². The van der Waals surface area contributed by atoms with Crippen LogP contribution in [0.1, 0.15) is 13.8 Å². The Bertz CT molecular complexity index is 973. The molecule has 0 fully saturated rings. The van der Waals surface area contributed by atoms with E-state index in [2.05, 4.69) is 33.9 Å². The van der Waals surface area contributed by atoms with Gasteiger partial charge in [-0.2, -0.15) is 0 Å². The fraction of sp³-hybridized carbons (Fsp3) is 0.222. The smallest absolute Gasteiger partial charge is 0.263 e. The van der Waals surface area contributed by atoms with E-state index in [1.807, 2.05) is 18.2 Å². The molecule has 1 aromatic heterocycles. The average molecular weight is 356 g/mol. The van der Waals surface area contributed by atoms with Crippen molar-refractivity contribution in [2.75, 3.05) is 16.6 Å². The van der Waals surface area contributed by atoms with Crippen LogP contribution in [-0.2, 0) is 10.0 Å². The van der Waals surface area contributed by atoms with E-state index in [1.54, 1.807) is 24.3 Å². The molecule has 0 aliphatic heterocycles. The molecular formula is C18H20N4O2S. The Hall–Kier alpha value is -2.67. The zero-order valence-corrected chi connectivity index (χ0v) is 14.9. The van der Waals surface area contributed by atoms with E-state index in [4.69, 9.17) is 0 Å². The Balaban J connectivity index is 2.02. The highest BCUT2D eigenvalue weighted by molar-refractivity contribution is 7.92. The maximum absolute atomic E-state index is 12.6. The Morgan fingerprint density at radius 1 is 0.880 bits per heavy atom. The number of hydrogen-bond acceptors (Lipinski definition) is 5. The van der Waals surface area contributed by atoms with E-state index >= 15 is 0 Å². The zero-order chi connectivity index (χ0) is 17.9. The molecule has 1 heterocycles. The molecular weight excluding hydrogens is 336 g/mol. The highest BCUT2D eigenvalue weighted by atomic mass is 32.2. The molecule has 0 bridgehead atoms. The van der Waals surface area contributed by atoms with Gasteiger partial charge in [-0.3, -0.25) is 4.72 Å². The van der Waals surface area contributed by atoms with Crippen LogP contribution in [0.15, 0.2) is 59.5 Å². The van der Waals surface area contributed by atoms with Crippen molar-refractivity contribution in [3.8, 4) is 0 Å². The summed E-state index contributed by atoms with van der Waals surface area (Å²) < 4.78 is 27.8. The SMILES string of the molecule is CC(C)CNc1nc2ccccc2nc1NS(=O)(=O)c1ccccc1. The largest absolute Gasteiger partial charge is 0.367 e. The summed E-state index contributed by atoms with van der Waals surface area (Å²) >= 11 is 0. The first kappa shape index (κ1) is 17.2. The Kier molecular flexibility index (Phi) is 4.85. The number of benzene rings is 2. The molecule has 3 rings (SSSR count). The van der Waals surface area contributed by atoms with Crippen LogP contribution in [0, 0.1) is 5.92 Å². The molecule has 0 amide bonds. The summed E-state index contributed by atoms with van der Waals surface area (Å²) in [4.78, 5) is 9.15. The van der Waals surface area contributed by atoms with Gasteiger partial charge in [0.2, 0.25) is 0 Å². The second-order valence-corrected chi connectivity index (χ2v) is 7.79. The number of fused-ring (bicyclic) bond motifs is 1. The number of rotatable bonds is 6. The Morgan fingerprint density at radius 2 is 1.44 bits per heavy atom. The number of nitrogens with one attached hydrogen (secondary N) is 2. The number of anilines is 2. The lowest BCUT2D eigenvalue weighted by molar-refractivity contribution is 0.601. The fourth-order valence-electron chi connectivity index (χ4n) is 2.28. The third-order valence-corrected chi connectivity index (χ3v) is 4.89. The second kappa shape index (κ2) is 7.06. The van der Waals surface area contributed by atoms with Gasteiger partial charge in [0.05, 0.1) is 15.9 Å². The maximum Gasteiger partial charge on any atom is 0.263 e. The molecule has 3 aromatic rings. The fourth-order valence-corrected chi connectivity index (χ4v) is 3.31. The molecule has 7 heteroatoms. The summed E-state index contributed by atoms with van der Waals surface area (Å²) in [5.74, 6) is 1.00. The average Bonchev–Trinajstić information content (AvgIpc) is 2.60. The van der Waals surface area contributed by atoms with Crippen molar-refractivity contribution >= 4 is 32.7 Å². The number of nitrogens with zero attached hydrogens (tertiary/aromatic N) is 2. The van der Waals surface area contributed by atoms with E-state index in [1.165, 1.54) is 12.1 Å². The molecule has 0 saturated heterocycles. The zero-order valence-electron chi connectivity index (χ0n) is 14.1. The molecule has 6 nitrogen and oxygen atoms in total. The van der Waals surface area contributed by atoms with Gasteiger partial charge in [-0.15, -0.1) is 0 Å². The summed E-state index contributed by atoms with van der Waals surface area (Å²) in [6.45, 7) is 4.79. The monoisotopic (exact) mass is 356 g/mol. The van der Waals surface area contributed by atoms with Crippen LogP contribution in [0.4, 0.5) is 11.6 Å². The Labute approximate surface area is 147 Å². The van der Waals surface area contributed by atoms with Crippen molar-refractivity contribution in [1.82, 2.24) is 9.97 Å². The van der Waals surface area contributed by atoms with Crippen molar-refractivity contribution in [1.29, 1.82) is 0 Å². The third-order valence-electron chi connectivity index (χ3n) is 3.53. The summed E-state index contributed by atoms with van der Waals surface area (Å²) in [5.41, 5.74) is 1.33. The molecule has 0 unspecified atom stereocenters. The van der Waals surface area contributed by atoms with Crippen LogP contribution in [0.3, 0.4) is 0 Å². The first-order chi connectivity index (χ1) is 12.0. The maximum atomic E-state index is 12.6. The minimum absolute atomic E-state index is 0.180. The van der Waals surface area contributed by atoms with Gasteiger partial charge in [0.15, 0.2) is 11.6 Å². The lowest BCUT2D eigenvalue weighted by Crippen LogP contribution is -2.18. The molecule has 0 radical (unpaired) electrons. The van der Waals surface area contributed by atoms with E-state index in [9.17, 15) is 8.42 Å². The number of hydrogen-bond donors (Lipinski definition) is 2. The number of aromatic nitrogens is 2. The van der Waals surface area contributed by atoms with E-state index in [0.29, 0.717) is 29.3 Å². The minimum Gasteiger partial charge on any atom is -0.367 e. The standard InChI is InChI=1S/C18H20N4O2S/c1-13(2)12-19-17-18(21-16-11-7-6-10-15(16)20-17)22-25(23,24)14-8-4-3-5-9-14/h3-11,13H,12H2,1-2H3,(H,19,20)(H,21,22). The van der Waals surface area contributed by atoms with Gasteiger partial charge in [-0.25, -0.2) is 18.4 Å². The van der Waals surface area contributed by atoms with E-state index < -0.39 is 10.0 Å². The van der Waals surface area contributed by atoms with Gasteiger partial charge in [-0.1, -0.05) is 44.2 Å². The molecule has 0 aliphatic rings. The quantitative estimate of drug-likeness (QED) is 0.706. The molecule has 0 spiro atoms. The first-order valence-corrected chi connectivity index (χ1v) is 9.52. The molecule has 0 saturated carbocycles. The van der Waals surface area contributed by atoms with Crippen LogP contribution in [-0.4, -0.2) is 24.9 Å². The van der Waals surface area contributed by atoms with Crippen LogP contribution in [0.25, 0.3) is 11.0 Å². The van der Waals surface area contributed by atoms with E-state index in [0.717, 1.165) is 0 Å². The number of para-hydroxylation sites is 2. The topological polar surface area (TPSA) is 84.0 Å². The first-order valence-electron chi connectivity index (χ1n) is 8.04. The molecule has 25 heavy (non-hydrogen) atoms. The summed E-state index contributed by atoms with van der Waals surface area (Å²) in [7, 11) is -3.74. The van der Waals surface area contributed by atoms with E-state index in [-0.39, 0.29) is 10.7 Å². The predicted molar refractivity (Wildman–Crippen MR) is 100 cm³/mol. The van der Waals surface area contributed by atoms with Crippen LogP contribution < -0.4 is 10.0 Å². The predicted octanol–water partition coefficient (Wildman–Crippen LogP) is 3.50. The van der Waals surface area contributed by atoms with Gasteiger partial charge in [-0.05, 0) is 30.2 Å². The van der Waals surface area contributed by atoms with Crippen LogP contribution in [0.2, 0.25) is 0 Å². The molecule has 0 aliphatic carbocycles. The third kappa shape index (κ3) is 4.06.